The van der Waals surface area contributed by atoms with Crippen molar-refractivity contribution in [3.8, 4) is 11.5 Å². The summed E-state index contributed by atoms with van der Waals surface area (Å²) < 4.78 is 10.7. The summed E-state index contributed by atoms with van der Waals surface area (Å²) in [5.74, 6) is 0.189. The van der Waals surface area contributed by atoms with E-state index < -0.39 is 12.1 Å². The van der Waals surface area contributed by atoms with Gasteiger partial charge in [0.25, 0.3) is 0 Å². The van der Waals surface area contributed by atoms with Crippen molar-refractivity contribution in [3.63, 3.8) is 0 Å². The van der Waals surface area contributed by atoms with Gasteiger partial charge in [0.05, 0.1) is 6.61 Å². The van der Waals surface area contributed by atoms with Gasteiger partial charge in [0.2, 0.25) is 0 Å². The molecular weight excluding hydrogens is 231 g/mol. The second-order valence-corrected chi connectivity index (χ2v) is 3.41. The van der Waals surface area contributed by atoms with Crippen LogP contribution in [0.5, 0.6) is 11.5 Å². The van der Waals surface area contributed by atoms with Gasteiger partial charge in [-0.2, -0.15) is 0 Å². The predicted octanol–water partition coefficient (Wildman–Crippen LogP) is -2.00. The smallest absolute Gasteiger partial charge is 0.550 e. The Hall–Kier alpha value is -0.710. The van der Waals surface area contributed by atoms with Crippen LogP contribution in [-0.2, 0) is 4.79 Å². The molecule has 0 aromatic heterocycles. The molecule has 1 atom stereocenters. The van der Waals surface area contributed by atoms with Gasteiger partial charge >= 0.3 is 29.6 Å². The van der Waals surface area contributed by atoms with Gasteiger partial charge in [0, 0.05) is 18.5 Å². The molecule has 0 saturated heterocycles. The largest absolute Gasteiger partial charge is 1.00 e. The number of carbonyl (C=O) groups excluding carboxylic acids is 1. The van der Waals surface area contributed by atoms with E-state index in [0.29, 0.717) is 18.1 Å². The Morgan fingerprint density at radius 2 is 2.06 bits per heavy atom. The molecule has 0 fully saturated rings. The molecule has 0 saturated carbocycles. The van der Waals surface area contributed by atoms with Crippen molar-refractivity contribution in [3.05, 3.63) is 24.3 Å². The van der Waals surface area contributed by atoms with Crippen LogP contribution in [0.3, 0.4) is 0 Å². The van der Waals surface area contributed by atoms with Gasteiger partial charge in [-0.05, 0) is 26.0 Å². The Bertz CT molecular complexity index is 354. The molecule has 4 nitrogen and oxygen atoms in total. The predicted molar refractivity (Wildman–Crippen MR) is 57.3 cm³/mol. The number of carboxylic acid groups (broad SMARTS) is 1. The molecule has 0 spiro atoms. The van der Waals surface area contributed by atoms with Crippen LogP contribution < -0.4 is 44.1 Å². The van der Waals surface area contributed by atoms with Crippen molar-refractivity contribution in [1.29, 1.82) is 0 Å². The summed E-state index contributed by atoms with van der Waals surface area (Å²) in [6, 6.07) is 7.11. The molecule has 1 rings (SSSR count). The topological polar surface area (TPSA) is 58.6 Å². The number of carboxylic acids is 1. The summed E-state index contributed by atoms with van der Waals surface area (Å²) in [6.07, 6.45) is -0.541. The minimum atomic E-state index is -1.12. The first-order chi connectivity index (χ1) is 7.61. The van der Waals surface area contributed by atoms with Crippen LogP contribution in [0.1, 0.15) is 20.3 Å². The zero-order valence-electron chi connectivity index (χ0n) is 10.4. The maximum atomic E-state index is 10.4. The molecule has 0 aliphatic carbocycles. The molecule has 1 aromatic carbocycles. The third-order valence-corrected chi connectivity index (χ3v) is 1.91. The maximum absolute atomic E-state index is 10.4. The quantitative estimate of drug-likeness (QED) is 0.545. The van der Waals surface area contributed by atoms with Crippen LogP contribution in [0.15, 0.2) is 24.3 Å². The van der Waals surface area contributed by atoms with Crippen molar-refractivity contribution in [2.75, 3.05) is 6.61 Å². The Labute approximate surface area is 123 Å². The van der Waals surface area contributed by atoms with Gasteiger partial charge < -0.3 is 19.4 Å². The van der Waals surface area contributed by atoms with E-state index in [-0.39, 0.29) is 36.0 Å². The zero-order valence-corrected chi connectivity index (χ0v) is 12.4. The zero-order chi connectivity index (χ0) is 12.0. The van der Waals surface area contributed by atoms with Crippen LogP contribution in [0.2, 0.25) is 0 Å². The van der Waals surface area contributed by atoms with Crippen molar-refractivity contribution in [2.45, 2.75) is 26.4 Å². The minimum Gasteiger partial charge on any atom is -0.550 e. The van der Waals surface area contributed by atoms with Gasteiger partial charge in [0.15, 0.2) is 0 Å². The standard InChI is InChI=1S/C12H16O4.Na/c1-3-15-10-5-4-6-11(8-10)16-9(2)7-12(13)14;/h4-6,8-9H,3,7H2,1-2H3,(H,13,14);/q;+1/p-1. The van der Waals surface area contributed by atoms with Crippen molar-refractivity contribution >= 4 is 5.97 Å². The van der Waals surface area contributed by atoms with E-state index in [1.807, 2.05) is 13.0 Å². The monoisotopic (exact) mass is 246 g/mol. The molecule has 0 N–H and O–H groups in total. The van der Waals surface area contributed by atoms with Crippen LogP contribution in [0.25, 0.3) is 0 Å². The van der Waals surface area contributed by atoms with E-state index in [2.05, 4.69) is 0 Å². The number of hydrogen-bond donors (Lipinski definition) is 0. The Kier molecular flexibility index (Phi) is 8.04. The first-order valence-electron chi connectivity index (χ1n) is 5.21. The van der Waals surface area contributed by atoms with E-state index in [0.717, 1.165) is 0 Å². The summed E-state index contributed by atoms with van der Waals surface area (Å²) in [4.78, 5) is 10.4. The number of ether oxygens (including phenoxy) is 2. The second kappa shape index (κ2) is 8.39. The fourth-order valence-electron chi connectivity index (χ4n) is 1.31. The molecule has 0 amide bonds. The summed E-state index contributed by atoms with van der Waals surface area (Å²) in [6.45, 7) is 4.16. The van der Waals surface area contributed by atoms with Crippen LogP contribution in [0, 0.1) is 0 Å². The fourth-order valence-corrected chi connectivity index (χ4v) is 1.31. The SMILES string of the molecule is CCOc1cccc(OC(C)CC(=O)[O-])c1.[Na+]. The summed E-state index contributed by atoms with van der Waals surface area (Å²) in [5.41, 5.74) is 0. The molecular formula is C12H15NaO4. The first kappa shape index (κ1) is 16.3. The number of carbonyl (C=O) groups is 1. The molecule has 0 aliphatic heterocycles. The van der Waals surface area contributed by atoms with Gasteiger partial charge in [-0.3, -0.25) is 0 Å². The minimum absolute atomic E-state index is 0. The maximum Gasteiger partial charge on any atom is 1.00 e. The Balaban J connectivity index is 0.00000256. The summed E-state index contributed by atoms with van der Waals surface area (Å²) in [7, 11) is 0. The van der Waals surface area contributed by atoms with E-state index >= 15 is 0 Å². The molecule has 17 heavy (non-hydrogen) atoms. The summed E-state index contributed by atoms with van der Waals surface area (Å²) >= 11 is 0. The van der Waals surface area contributed by atoms with Crippen LogP contribution in [-0.4, -0.2) is 18.7 Å². The number of aliphatic carboxylic acids is 1. The van der Waals surface area contributed by atoms with E-state index in [9.17, 15) is 9.90 Å². The molecule has 1 unspecified atom stereocenters. The molecule has 0 aliphatic rings. The van der Waals surface area contributed by atoms with Crippen molar-refractivity contribution in [2.24, 2.45) is 0 Å². The van der Waals surface area contributed by atoms with E-state index in [4.69, 9.17) is 9.47 Å². The molecule has 1 aromatic rings. The molecule has 5 heteroatoms. The third kappa shape index (κ3) is 6.56. The molecule has 0 radical (unpaired) electrons. The van der Waals surface area contributed by atoms with Gasteiger partial charge in [0.1, 0.15) is 17.6 Å². The Morgan fingerprint density at radius 3 is 2.65 bits per heavy atom. The van der Waals surface area contributed by atoms with Crippen LogP contribution >= 0.6 is 0 Å². The molecule has 0 bridgehead atoms. The third-order valence-electron chi connectivity index (χ3n) is 1.91. The number of benzene rings is 1. The van der Waals surface area contributed by atoms with Crippen molar-refractivity contribution in [1.82, 2.24) is 0 Å². The average Bonchev–Trinajstić information content (AvgIpc) is 2.17. The van der Waals surface area contributed by atoms with E-state index in [1.54, 1.807) is 25.1 Å². The number of rotatable bonds is 6. The normalized spacial score (nSPS) is 11.2. The molecule has 88 valence electrons. The second-order valence-electron chi connectivity index (χ2n) is 3.41. The fraction of sp³-hybridized carbons (Fsp3) is 0.417. The molecule has 0 heterocycles. The van der Waals surface area contributed by atoms with Gasteiger partial charge in [-0.1, -0.05) is 6.07 Å². The Morgan fingerprint density at radius 1 is 1.41 bits per heavy atom. The van der Waals surface area contributed by atoms with E-state index in [1.165, 1.54) is 0 Å². The van der Waals surface area contributed by atoms with Gasteiger partial charge in [-0.25, -0.2) is 0 Å². The van der Waals surface area contributed by atoms with Gasteiger partial charge in [-0.15, -0.1) is 0 Å². The summed E-state index contributed by atoms with van der Waals surface area (Å²) in [5, 5.41) is 10.4. The van der Waals surface area contributed by atoms with Crippen molar-refractivity contribution < 1.29 is 48.9 Å². The number of hydrogen-bond acceptors (Lipinski definition) is 4. The van der Waals surface area contributed by atoms with Crippen LogP contribution in [0.4, 0.5) is 0 Å². The average molecular weight is 246 g/mol. The first-order valence-corrected chi connectivity index (χ1v) is 5.21.